The molecule has 0 bridgehead atoms. The number of rotatable bonds is 1. The lowest BCUT2D eigenvalue weighted by Gasteiger charge is -2.32. The van der Waals surface area contributed by atoms with E-state index in [0.717, 1.165) is 11.0 Å². The smallest absolute Gasteiger partial charge is 0.194 e. The summed E-state index contributed by atoms with van der Waals surface area (Å²) in [5, 5.41) is 0. The molecule has 92 valence electrons. The fourth-order valence-electron chi connectivity index (χ4n) is 3.31. The number of nitrogens with zero attached hydrogens (tertiary/aromatic N) is 1. The zero-order valence-corrected chi connectivity index (χ0v) is 10.6. The van der Waals surface area contributed by atoms with Gasteiger partial charge in [0.25, 0.3) is 0 Å². The molecule has 1 aromatic rings. The first-order valence-electron chi connectivity index (χ1n) is 6.83. The summed E-state index contributed by atoms with van der Waals surface area (Å²) < 4.78 is 7.43. The Kier molecular flexibility index (Phi) is 2.93. The molecule has 3 unspecified atom stereocenters. The molecule has 2 nitrogen and oxygen atoms in total. The van der Waals surface area contributed by atoms with E-state index in [1.54, 1.807) is 0 Å². The molecule has 0 spiro atoms. The number of fused-ring (bicyclic) bond motifs is 1. The van der Waals surface area contributed by atoms with E-state index in [2.05, 4.69) is 37.4 Å². The summed E-state index contributed by atoms with van der Waals surface area (Å²) in [7, 11) is 2.37. The first-order chi connectivity index (χ1) is 8.28. The third kappa shape index (κ3) is 2.12. The predicted octanol–water partition coefficient (Wildman–Crippen LogP) is 3.10. The maximum atomic E-state index is 6.31. The van der Waals surface area contributed by atoms with Crippen LogP contribution in [0.5, 0.6) is 0 Å². The van der Waals surface area contributed by atoms with Crippen molar-refractivity contribution >= 4 is 0 Å². The fourth-order valence-corrected chi connectivity index (χ4v) is 3.31. The molecule has 0 aromatic heterocycles. The molecule has 0 radical (unpaired) electrons. The molecule has 2 aliphatic heterocycles. The third-order valence-electron chi connectivity index (χ3n) is 4.39. The van der Waals surface area contributed by atoms with Crippen molar-refractivity contribution in [2.75, 3.05) is 20.1 Å². The van der Waals surface area contributed by atoms with Crippen LogP contribution in [0.1, 0.15) is 37.4 Å². The van der Waals surface area contributed by atoms with Crippen molar-refractivity contribution in [3.63, 3.8) is 0 Å². The summed E-state index contributed by atoms with van der Waals surface area (Å²) in [6, 6.07) is 10.7. The van der Waals surface area contributed by atoms with Gasteiger partial charge in [-0.05, 0) is 24.8 Å². The monoisotopic (exact) mass is 232 g/mol. The van der Waals surface area contributed by atoms with Crippen LogP contribution in [0.25, 0.3) is 0 Å². The first-order valence-corrected chi connectivity index (χ1v) is 6.83. The number of likely N-dealkylation sites (N-methyl/N-ethyl adjacent to an activating group) is 1. The van der Waals surface area contributed by atoms with Crippen LogP contribution in [-0.4, -0.2) is 30.8 Å². The topological polar surface area (TPSA) is 9.23 Å². The lowest BCUT2D eigenvalue weighted by molar-refractivity contribution is -0.932. The second-order valence-corrected chi connectivity index (χ2v) is 5.72. The Morgan fingerprint density at radius 2 is 1.94 bits per heavy atom. The van der Waals surface area contributed by atoms with Gasteiger partial charge in [0.2, 0.25) is 0 Å². The number of hydrogen-bond acceptors (Lipinski definition) is 1. The molecule has 17 heavy (non-hydrogen) atoms. The summed E-state index contributed by atoms with van der Waals surface area (Å²) in [6.45, 7) is 2.43. The van der Waals surface area contributed by atoms with Gasteiger partial charge < -0.3 is 4.74 Å². The van der Waals surface area contributed by atoms with Crippen molar-refractivity contribution in [2.24, 2.45) is 0 Å². The third-order valence-corrected chi connectivity index (χ3v) is 4.39. The lowest BCUT2D eigenvalue weighted by Crippen LogP contribution is -2.48. The molecule has 2 heterocycles. The van der Waals surface area contributed by atoms with E-state index in [0.29, 0.717) is 12.3 Å². The van der Waals surface area contributed by atoms with Gasteiger partial charge in [-0.2, -0.15) is 0 Å². The highest BCUT2D eigenvalue weighted by Crippen LogP contribution is 2.37. The van der Waals surface area contributed by atoms with Crippen LogP contribution in [-0.2, 0) is 4.74 Å². The van der Waals surface area contributed by atoms with E-state index < -0.39 is 0 Å². The quantitative estimate of drug-likeness (QED) is 0.676. The van der Waals surface area contributed by atoms with E-state index in [9.17, 15) is 0 Å². The van der Waals surface area contributed by atoms with Crippen LogP contribution in [0.15, 0.2) is 30.3 Å². The molecule has 2 fully saturated rings. The normalized spacial score (nSPS) is 37.5. The minimum atomic E-state index is 0.310. The Morgan fingerprint density at radius 1 is 1.12 bits per heavy atom. The Balaban J connectivity index is 1.80. The van der Waals surface area contributed by atoms with Gasteiger partial charge in [0, 0.05) is 6.42 Å². The molecular weight excluding hydrogens is 210 g/mol. The van der Waals surface area contributed by atoms with Crippen LogP contribution in [0.4, 0.5) is 0 Å². The maximum Gasteiger partial charge on any atom is 0.194 e. The number of hydrogen-bond donors (Lipinski definition) is 0. The number of benzene rings is 1. The van der Waals surface area contributed by atoms with Gasteiger partial charge in [0.05, 0.1) is 13.6 Å². The molecule has 2 saturated heterocycles. The van der Waals surface area contributed by atoms with Crippen molar-refractivity contribution in [3.05, 3.63) is 35.9 Å². The van der Waals surface area contributed by atoms with Crippen LogP contribution in [0.3, 0.4) is 0 Å². The predicted molar refractivity (Wildman–Crippen MR) is 68.4 cm³/mol. The van der Waals surface area contributed by atoms with Gasteiger partial charge in [0.15, 0.2) is 6.23 Å². The Labute approximate surface area is 104 Å². The van der Waals surface area contributed by atoms with E-state index >= 15 is 0 Å². The molecular formula is C15H22NO+. The van der Waals surface area contributed by atoms with Crippen LogP contribution in [0, 0.1) is 0 Å². The largest absolute Gasteiger partial charge is 0.315 e. The van der Waals surface area contributed by atoms with Crippen molar-refractivity contribution < 1.29 is 9.22 Å². The van der Waals surface area contributed by atoms with E-state index in [1.165, 1.54) is 37.8 Å². The second kappa shape index (κ2) is 4.43. The molecule has 3 rings (SSSR count). The average Bonchev–Trinajstić information content (AvgIpc) is 2.58. The van der Waals surface area contributed by atoms with Crippen LogP contribution < -0.4 is 0 Å². The van der Waals surface area contributed by atoms with Crippen molar-refractivity contribution in [2.45, 2.75) is 38.0 Å². The average molecular weight is 232 g/mol. The van der Waals surface area contributed by atoms with Gasteiger partial charge in [-0.1, -0.05) is 30.3 Å². The fraction of sp³-hybridized carbons (Fsp3) is 0.600. The van der Waals surface area contributed by atoms with Gasteiger partial charge >= 0.3 is 0 Å². The van der Waals surface area contributed by atoms with Crippen molar-refractivity contribution in [3.8, 4) is 0 Å². The molecule has 0 aliphatic carbocycles. The highest BCUT2D eigenvalue weighted by Gasteiger charge is 2.45. The Bertz CT molecular complexity index is 378. The summed E-state index contributed by atoms with van der Waals surface area (Å²) in [5.41, 5.74) is 1.35. The molecule has 0 saturated carbocycles. The van der Waals surface area contributed by atoms with E-state index in [1.807, 2.05) is 0 Å². The second-order valence-electron chi connectivity index (χ2n) is 5.72. The minimum Gasteiger partial charge on any atom is -0.315 e. The summed E-state index contributed by atoms with van der Waals surface area (Å²) in [6.07, 6.45) is 6.05. The SMILES string of the molecule is C[N+]12CCCCCC1OC(c1ccccc1)C2. The van der Waals surface area contributed by atoms with Crippen molar-refractivity contribution in [1.82, 2.24) is 0 Å². The van der Waals surface area contributed by atoms with Gasteiger partial charge in [0.1, 0.15) is 12.6 Å². The highest BCUT2D eigenvalue weighted by molar-refractivity contribution is 5.18. The first kappa shape index (κ1) is 11.2. The van der Waals surface area contributed by atoms with Gasteiger partial charge in [-0.15, -0.1) is 0 Å². The minimum absolute atomic E-state index is 0.310. The number of ether oxygens (including phenoxy) is 1. The Morgan fingerprint density at radius 3 is 2.76 bits per heavy atom. The molecule has 2 aliphatic rings. The van der Waals surface area contributed by atoms with Crippen LogP contribution in [0.2, 0.25) is 0 Å². The number of quaternary nitrogens is 1. The lowest BCUT2D eigenvalue weighted by atomic mass is 10.1. The zero-order valence-electron chi connectivity index (χ0n) is 10.6. The van der Waals surface area contributed by atoms with E-state index in [4.69, 9.17) is 4.74 Å². The van der Waals surface area contributed by atoms with Gasteiger partial charge in [-0.25, -0.2) is 0 Å². The van der Waals surface area contributed by atoms with E-state index in [-0.39, 0.29) is 0 Å². The maximum absolute atomic E-state index is 6.31. The zero-order chi connectivity index (χ0) is 11.7. The highest BCUT2D eigenvalue weighted by atomic mass is 16.5. The summed E-state index contributed by atoms with van der Waals surface area (Å²) in [4.78, 5) is 0. The molecule has 0 N–H and O–H groups in total. The van der Waals surface area contributed by atoms with Gasteiger partial charge in [-0.3, -0.25) is 4.48 Å². The standard InChI is InChI=1S/C15H22NO/c1-16-11-7-3-6-10-15(16)17-14(12-16)13-8-4-2-5-9-13/h2,4-5,8-9,14-15H,3,6-7,10-12H2,1H3/q+1. The Hall–Kier alpha value is -0.860. The molecule has 0 amide bonds. The van der Waals surface area contributed by atoms with Crippen molar-refractivity contribution in [1.29, 1.82) is 0 Å². The summed E-state index contributed by atoms with van der Waals surface area (Å²) in [5.74, 6) is 0. The molecule has 1 aromatic carbocycles. The molecule has 3 atom stereocenters. The molecule has 2 heteroatoms. The van der Waals surface area contributed by atoms with Crippen LogP contribution >= 0.6 is 0 Å². The summed E-state index contributed by atoms with van der Waals surface area (Å²) >= 11 is 0.